The number of hydrogen-bond acceptors (Lipinski definition) is 4. The molecule has 3 aromatic rings. The Kier molecular flexibility index (Phi) is 8.73. The zero-order valence-electron chi connectivity index (χ0n) is 15.4. The summed E-state index contributed by atoms with van der Waals surface area (Å²) < 4.78 is 24.0. The molecule has 2 N–H and O–H groups in total. The third kappa shape index (κ3) is 6.84. The van der Waals surface area contributed by atoms with E-state index in [0.717, 1.165) is 17.7 Å². The van der Waals surface area contributed by atoms with Gasteiger partial charge in [0.2, 0.25) is 5.88 Å². The molecular weight excluding hydrogens is 474 g/mol. The van der Waals surface area contributed by atoms with Crippen LogP contribution < -0.4 is 15.4 Å². The molecule has 0 bridgehead atoms. The summed E-state index contributed by atoms with van der Waals surface area (Å²) >= 11 is 0. The number of hydrogen-bond donors (Lipinski definition) is 2. The van der Waals surface area contributed by atoms with Crippen molar-refractivity contribution in [3.05, 3.63) is 78.1 Å². The number of nitrogens with one attached hydrogen (secondary N) is 2. The number of nitrogens with zero attached hydrogens (tertiary/aromatic N) is 2. The number of furan rings is 1. The highest BCUT2D eigenvalue weighted by atomic mass is 127. The standard InChI is InChI=1S/C20H21FN4O2.HI/c1-22-20(23-10-9-17-6-3-11-26-17)25-14-15-7-8-19(24-13-15)27-18-5-2-4-16(21)12-18;/h2-8,11-13H,9-10,14H2,1H3,(H2,22,23,25);1H. The van der Waals surface area contributed by atoms with E-state index in [-0.39, 0.29) is 29.8 Å². The van der Waals surface area contributed by atoms with Crippen LogP contribution in [0.5, 0.6) is 11.6 Å². The monoisotopic (exact) mass is 496 g/mol. The highest BCUT2D eigenvalue weighted by molar-refractivity contribution is 14.0. The number of aromatic nitrogens is 1. The zero-order valence-corrected chi connectivity index (χ0v) is 17.7. The van der Waals surface area contributed by atoms with Gasteiger partial charge in [0.1, 0.15) is 17.3 Å². The summed E-state index contributed by atoms with van der Waals surface area (Å²) in [5.74, 6) is 2.09. The van der Waals surface area contributed by atoms with E-state index in [9.17, 15) is 4.39 Å². The van der Waals surface area contributed by atoms with E-state index in [1.54, 1.807) is 37.7 Å². The molecule has 0 saturated carbocycles. The summed E-state index contributed by atoms with van der Waals surface area (Å²) in [6.07, 6.45) is 4.15. The fraction of sp³-hybridized carbons (Fsp3) is 0.200. The fourth-order valence-electron chi connectivity index (χ4n) is 2.39. The SMILES string of the molecule is CN=C(NCCc1ccco1)NCc1ccc(Oc2cccc(F)c2)nc1.I. The van der Waals surface area contributed by atoms with Crippen molar-refractivity contribution in [2.75, 3.05) is 13.6 Å². The molecule has 6 nitrogen and oxygen atoms in total. The van der Waals surface area contributed by atoms with Crippen LogP contribution in [-0.2, 0) is 13.0 Å². The second-order valence-electron chi connectivity index (χ2n) is 5.75. The average molecular weight is 496 g/mol. The molecule has 1 aromatic carbocycles. The minimum atomic E-state index is -0.348. The Morgan fingerprint density at radius 3 is 2.75 bits per heavy atom. The zero-order chi connectivity index (χ0) is 18.9. The number of halogens is 2. The van der Waals surface area contributed by atoms with E-state index < -0.39 is 0 Å². The molecule has 0 atom stereocenters. The number of aliphatic imine (C=N–C) groups is 1. The summed E-state index contributed by atoms with van der Waals surface area (Å²) in [6.45, 7) is 1.28. The van der Waals surface area contributed by atoms with Crippen LogP contribution in [0.2, 0.25) is 0 Å². The Labute approximate surface area is 180 Å². The van der Waals surface area contributed by atoms with Gasteiger partial charge in [-0.1, -0.05) is 12.1 Å². The molecule has 2 aromatic heterocycles. The second kappa shape index (κ2) is 11.3. The molecule has 0 aliphatic rings. The van der Waals surface area contributed by atoms with E-state index in [1.807, 2.05) is 18.2 Å². The van der Waals surface area contributed by atoms with Gasteiger partial charge in [0.25, 0.3) is 0 Å². The van der Waals surface area contributed by atoms with E-state index in [2.05, 4.69) is 20.6 Å². The van der Waals surface area contributed by atoms with Crippen LogP contribution in [0.15, 0.2) is 70.4 Å². The Morgan fingerprint density at radius 1 is 1.18 bits per heavy atom. The maximum atomic E-state index is 13.2. The lowest BCUT2D eigenvalue weighted by Gasteiger charge is -2.11. The van der Waals surface area contributed by atoms with Crippen molar-refractivity contribution in [1.29, 1.82) is 0 Å². The molecule has 0 unspecified atom stereocenters. The fourth-order valence-corrected chi connectivity index (χ4v) is 2.39. The molecule has 148 valence electrons. The van der Waals surface area contributed by atoms with Crippen LogP contribution in [0, 0.1) is 5.82 Å². The summed E-state index contributed by atoms with van der Waals surface area (Å²) in [6, 6.07) is 13.4. The van der Waals surface area contributed by atoms with E-state index in [1.165, 1.54) is 12.1 Å². The predicted molar refractivity (Wildman–Crippen MR) is 117 cm³/mol. The largest absolute Gasteiger partial charge is 0.469 e. The van der Waals surface area contributed by atoms with E-state index in [4.69, 9.17) is 9.15 Å². The first-order valence-corrected chi connectivity index (χ1v) is 8.58. The van der Waals surface area contributed by atoms with Crippen LogP contribution in [0.1, 0.15) is 11.3 Å². The Hall–Kier alpha value is -2.62. The average Bonchev–Trinajstić information content (AvgIpc) is 3.19. The third-order valence-electron chi connectivity index (χ3n) is 3.74. The molecular formula is C20H22FIN4O2. The van der Waals surface area contributed by atoms with Gasteiger partial charge in [-0.2, -0.15) is 0 Å². The number of pyridine rings is 1. The normalized spacial score (nSPS) is 10.9. The molecule has 0 fully saturated rings. The first-order valence-electron chi connectivity index (χ1n) is 8.58. The van der Waals surface area contributed by atoms with Gasteiger partial charge in [0.05, 0.1) is 6.26 Å². The van der Waals surface area contributed by atoms with E-state index in [0.29, 0.717) is 30.7 Å². The summed E-state index contributed by atoms with van der Waals surface area (Å²) in [7, 11) is 1.72. The third-order valence-corrected chi connectivity index (χ3v) is 3.74. The molecule has 2 heterocycles. The van der Waals surface area contributed by atoms with Gasteiger partial charge in [-0.3, -0.25) is 4.99 Å². The first-order chi connectivity index (χ1) is 13.2. The van der Waals surface area contributed by atoms with Gasteiger partial charge in [-0.15, -0.1) is 24.0 Å². The van der Waals surface area contributed by atoms with Crippen LogP contribution >= 0.6 is 24.0 Å². The van der Waals surface area contributed by atoms with Gasteiger partial charge in [0, 0.05) is 44.9 Å². The molecule has 0 aliphatic carbocycles. The molecule has 8 heteroatoms. The van der Waals surface area contributed by atoms with Crippen molar-refractivity contribution >= 4 is 29.9 Å². The van der Waals surface area contributed by atoms with Crippen molar-refractivity contribution < 1.29 is 13.5 Å². The van der Waals surface area contributed by atoms with Gasteiger partial charge in [0.15, 0.2) is 5.96 Å². The number of ether oxygens (including phenoxy) is 1. The molecule has 3 rings (SSSR count). The summed E-state index contributed by atoms with van der Waals surface area (Å²) in [5.41, 5.74) is 0.968. The molecule has 0 spiro atoms. The number of benzene rings is 1. The maximum absolute atomic E-state index is 13.2. The highest BCUT2D eigenvalue weighted by Gasteiger charge is 2.03. The predicted octanol–water partition coefficient (Wildman–Crippen LogP) is 4.13. The Morgan fingerprint density at radius 2 is 2.07 bits per heavy atom. The Balaban J connectivity index is 0.00000280. The van der Waals surface area contributed by atoms with Gasteiger partial charge >= 0.3 is 0 Å². The summed E-state index contributed by atoms with van der Waals surface area (Å²) in [4.78, 5) is 8.43. The smallest absolute Gasteiger partial charge is 0.219 e. The van der Waals surface area contributed by atoms with Crippen LogP contribution in [0.3, 0.4) is 0 Å². The minimum Gasteiger partial charge on any atom is -0.469 e. The second-order valence-corrected chi connectivity index (χ2v) is 5.75. The van der Waals surface area contributed by atoms with Gasteiger partial charge < -0.3 is 19.8 Å². The topological polar surface area (TPSA) is 71.7 Å². The van der Waals surface area contributed by atoms with Crippen LogP contribution in [0.4, 0.5) is 4.39 Å². The minimum absolute atomic E-state index is 0. The van der Waals surface area contributed by atoms with Crippen LogP contribution in [0.25, 0.3) is 0 Å². The lowest BCUT2D eigenvalue weighted by Crippen LogP contribution is -2.37. The molecule has 0 amide bonds. The summed E-state index contributed by atoms with van der Waals surface area (Å²) in [5, 5.41) is 6.45. The van der Waals surface area contributed by atoms with Gasteiger partial charge in [-0.25, -0.2) is 9.37 Å². The molecule has 0 saturated heterocycles. The number of rotatable bonds is 7. The van der Waals surface area contributed by atoms with Crippen LogP contribution in [-0.4, -0.2) is 24.5 Å². The lowest BCUT2D eigenvalue weighted by atomic mass is 10.3. The highest BCUT2D eigenvalue weighted by Crippen LogP contribution is 2.19. The first kappa shape index (κ1) is 21.7. The lowest BCUT2D eigenvalue weighted by molar-refractivity contribution is 0.457. The van der Waals surface area contributed by atoms with Gasteiger partial charge in [-0.05, 0) is 29.8 Å². The van der Waals surface area contributed by atoms with Crippen molar-refractivity contribution in [1.82, 2.24) is 15.6 Å². The van der Waals surface area contributed by atoms with Crippen molar-refractivity contribution in [3.8, 4) is 11.6 Å². The quantitative estimate of drug-likeness (QED) is 0.293. The molecule has 0 radical (unpaired) electrons. The van der Waals surface area contributed by atoms with Crippen molar-refractivity contribution in [3.63, 3.8) is 0 Å². The molecule has 28 heavy (non-hydrogen) atoms. The van der Waals surface area contributed by atoms with Crippen molar-refractivity contribution in [2.24, 2.45) is 4.99 Å². The van der Waals surface area contributed by atoms with E-state index >= 15 is 0 Å². The maximum Gasteiger partial charge on any atom is 0.219 e. The Bertz CT molecular complexity index is 870. The molecule has 0 aliphatic heterocycles. The number of guanidine groups is 1. The van der Waals surface area contributed by atoms with Crippen molar-refractivity contribution in [2.45, 2.75) is 13.0 Å².